The van der Waals surface area contributed by atoms with Crippen LogP contribution < -0.4 is 10.2 Å². The second-order valence-corrected chi connectivity index (χ2v) is 7.19. The molecule has 1 saturated heterocycles. The van der Waals surface area contributed by atoms with Crippen LogP contribution in [-0.2, 0) is 6.54 Å². The van der Waals surface area contributed by atoms with Crippen LogP contribution in [0, 0.1) is 6.92 Å². The van der Waals surface area contributed by atoms with Gasteiger partial charge >= 0.3 is 0 Å². The molecule has 0 aliphatic carbocycles. The van der Waals surface area contributed by atoms with Crippen LogP contribution in [0.15, 0.2) is 60.7 Å². The first-order valence-corrected chi connectivity index (χ1v) is 9.77. The number of hydrogen-bond acceptors (Lipinski definition) is 4. The van der Waals surface area contributed by atoms with Gasteiger partial charge in [0.1, 0.15) is 5.82 Å². The number of aryl methyl sites for hydroxylation is 1. The van der Waals surface area contributed by atoms with E-state index in [-0.39, 0.29) is 0 Å². The van der Waals surface area contributed by atoms with E-state index in [1.165, 1.54) is 30.4 Å². The Kier molecular flexibility index (Phi) is 5.33. The Morgan fingerprint density at radius 3 is 2.48 bits per heavy atom. The standard InChI is InChI=1S/C23H26N4/c1-18-9-8-10-19(15-18)17-24-22-16-21(20-11-4-2-5-12-20)25-23(26-22)27-13-6-3-7-14-27/h2,4-5,8-12,15-16H,3,6-7,13-14,17H2,1H3,(H,24,25,26). The molecule has 2 heterocycles. The molecule has 4 rings (SSSR count). The van der Waals surface area contributed by atoms with Crippen LogP contribution in [0.3, 0.4) is 0 Å². The molecule has 1 aliphatic rings. The van der Waals surface area contributed by atoms with E-state index in [1.807, 2.05) is 6.07 Å². The predicted octanol–water partition coefficient (Wildman–Crippen LogP) is 5.05. The normalized spacial score (nSPS) is 14.2. The van der Waals surface area contributed by atoms with Crippen LogP contribution in [0.25, 0.3) is 11.3 Å². The van der Waals surface area contributed by atoms with Crippen molar-refractivity contribution in [2.24, 2.45) is 0 Å². The van der Waals surface area contributed by atoms with Gasteiger partial charge in [-0.25, -0.2) is 4.98 Å². The first kappa shape index (κ1) is 17.5. The van der Waals surface area contributed by atoms with Gasteiger partial charge in [0, 0.05) is 31.3 Å². The van der Waals surface area contributed by atoms with Gasteiger partial charge in [0.2, 0.25) is 5.95 Å². The van der Waals surface area contributed by atoms with Crippen molar-refractivity contribution in [3.05, 3.63) is 71.8 Å². The fourth-order valence-corrected chi connectivity index (χ4v) is 3.53. The van der Waals surface area contributed by atoms with Gasteiger partial charge in [0.05, 0.1) is 5.69 Å². The smallest absolute Gasteiger partial charge is 0.227 e. The molecule has 0 amide bonds. The maximum Gasteiger partial charge on any atom is 0.227 e. The van der Waals surface area contributed by atoms with Gasteiger partial charge in [-0.3, -0.25) is 0 Å². The number of nitrogens with one attached hydrogen (secondary N) is 1. The Morgan fingerprint density at radius 1 is 0.889 bits per heavy atom. The Bertz CT molecular complexity index is 886. The largest absolute Gasteiger partial charge is 0.366 e. The molecule has 0 unspecified atom stereocenters. The van der Waals surface area contributed by atoms with Crippen molar-refractivity contribution < 1.29 is 0 Å². The fourth-order valence-electron chi connectivity index (χ4n) is 3.53. The molecule has 1 aliphatic heterocycles. The van der Waals surface area contributed by atoms with E-state index in [0.717, 1.165) is 42.7 Å². The zero-order valence-electron chi connectivity index (χ0n) is 15.9. The van der Waals surface area contributed by atoms with Crippen LogP contribution in [0.2, 0.25) is 0 Å². The highest BCUT2D eigenvalue weighted by Crippen LogP contribution is 2.25. The average molecular weight is 358 g/mol. The number of aromatic nitrogens is 2. The Balaban J connectivity index is 1.62. The second kappa shape index (κ2) is 8.21. The molecule has 138 valence electrons. The fraction of sp³-hybridized carbons (Fsp3) is 0.304. The number of benzene rings is 2. The maximum atomic E-state index is 4.87. The lowest BCUT2D eigenvalue weighted by Crippen LogP contribution is -2.31. The molecule has 0 saturated carbocycles. The molecule has 1 N–H and O–H groups in total. The Labute approximate surface area is 161 Å². The van der Waals surface area contributed by atoms with E-state index >= 15 is 0 Å². The van der Waals surface area contributed by atoms with Gasteiger partial charge in [0.15, 0.2) is 0 Å². The highest BCUT2D eigenvalue weighted by atomic mass is 15.3. The van der Waals surface area contributed by atoms with Gasteiger partial charge in [-0.05, 0) is 31.7 Å². The Morgan fingerprint density at radius 2 is 1.70 bits per heavy atom. The number of nitrogens with zero attached hydrogens (tertiary/aromatic N) is 3. The molecular formula is C23H26N4. The first-order chi connectivity index (χ1) is 13.3. The molecule has 4 heteroatoms. The van der Waals surface area contributed by atoms with Crippen molar-refractivity contribution in [3.63, 3.8) is 0 Å². The molecule has 27 heavy (non-hydrogen) atoms. The summed E-state index contributed by atoms with van der Waals surface area (Å²) in [5.74, 6) is 1.72. The number of hydrogen-bond donors (Lipinski definition) is 1. The van der Waals surface area contributed by atoms with Crippen molar-refractivity contribution in [3.8, 4) is 11.3 Å². The van der Waals surface area contributed by atoms with Crippen LogP contribution in [0.4, 0.5) is 11.8 Å². The van der Waals surface area contributed by atoms with Crippen molar-refractivity contribution >= 4 is 11.8 Å². The minimum Gasteiger partial charge on any atom is -0.366 e. The summed E-state index contributed by atoms with van der Waals surface area (Å²) in [5, 5.41) is 3.50. The van der Waals surface area contributed by atoms with Crippen LogP contribution >= 0.6 is 0 Å². The molecular weight excluding hydrogens is 332 g/mol. The van der Waals surface area contributed by atoms with E-state index < -0.39 is 0 Å². The summed E-state index contributed by atoms with van der Waals surface area (Å²) in [6.07, 6.45) is 3.73. The summed E-state index contributed by atoms with van der Waals surface area (Å²) >= 11 is 0. The van der Waals surface area contributed by atoms with Crippen molar-refractivity contribution in [1.82, 2.24) is 9.97 Å². The minimum absolute atomic E-state index is 0.756. The third-order valence-corrected chi connectivity index (χ3v) is 4.98. The van der Waals surface area contributed by atoms with E-state index in [9.17, 15) is 0 Å². The summed E-state index contributed by atoms with van der Waals surface area (Å²) in [4.78, 5) is 12.0. The lowest BCUT2D eigenvalue weighted by atomic mass is 10.1. The van der Waals surface area contributed by atoms with E-state index in [4.69, 9.17) is 9.97 Å². The summed E-state index contributed by atoms with van der Waals surface area (Å²) < 4.78 is 0. The molecule has 1 aromatic heterocycles. The SMILES string of the molecule is Cc1cccc(CNc2cc(-c3ccccc3)nc(N3CCCCC3)n2)c1. The third kappa shape index (κ3) is 4.45. The highest BCUT2D eigenvalue weighted by molar-refractivity contribution is 5.64. The first-order valence-electron chi connectivity index (χ1n) is 9.77. The van der Waals surface area contributed by atoms with Crippen molar-refractivity contribution in [1.29, 1.82) is 0 Å². The summed E-state index contributed by atoms with van der Waals surface area (Å²) in [6, 6.07) is 21.0. The molecule has 4 nitrogen and oxygen atoms in total. The molecule has 0 atom stereocenters. The zero-order chi connectivity index (χ0) is 18.5. The number of rotatable bonds is 5. The second-order valence-electron chi connectivity index (χ2n) is 7.19. The van der Waals surface area contributed by atoms with Crippen LogP contribution in [-0.4, -0.2) is 23.1 Å². The summed E-state index contributed by atoms with van der Waals surface area (Å²) in [6.45, 7) is 4.95. The van der Waals surface area contributed by atoms with Gasteiger partial charge in [-0.15, -0.1) is 0 Å². The maximum absolute atomic E-state index is 4.87. The predicted molar refractivity (Wildman–Crippen MR) is 112 cm³/mol. The number of anilines is 2. The summed E-state index contributed by atoms with van der Waals surface area (Å²) in [5.41, 5.74) is 4.63. The van der Waals surface area contributed by atoms with Crippen molar-refractivity contribution in [2.45, 2.75) is 32.7 Å². The molecule has 3 aromatic rings. The van der Waals surface area contributed by atoms with Crippen LogP contribution in [0.1, 0.15) is 30.4 Å². The van der Waals surface area contributed by atoms with E-state index in [2.05, 4.69) is 71.7 Å². The lowest BCUT2D eigenvalue weighted by Gasteiger charge is -2.27. The molecule has 1 fully saturated rings. The van der Waals surface area contributed by atoms with Gasteiger partial charge in [0.25, 0.3) is 0 Å². The molecule has 0 bridgehead atoms. The lowest BCUT2D eigenvalue weighted by molar-refractivity contribution is 0.568. The monoisotopic (exact) mass is 358 g/mol. The molecule has 0 radical (unpaired) electrons. The highest BCUT2D eigenvalue weighted by Gasteiger charge is 2.16. The van der Waals surface area contributed by atoms with E-state index in [1.54, 1.807) is 0 Å². The third-order valence-electron chi connectivity index (χ3n) is 4.98. The Hall–Kier alpha value is -2.88. The van der Waals surface area contributed by atoms with Gasteiger partial charge < -0.3 is 10.2 Å². The molecule has 0 spiro atoms. The topological polar surface area (TPSA) is 41.1 Å². The zero-order valence-corrected chi connectivity index (χ0v) is 15.9. The summed E-state index contributed by atoms with van der Waals surface area (Å²) in [7, 11) is 0. The molecule has 2 aromatic carbocycles. The minimum atomic E-state index is 0.756. The van der Waals surface area contributed by atoms with Gasteiger partial charge in [-0.2, -0.15) is 4.98 Å². The van der Waals surface area contributed by atoms with Crippen LogP contribution in [0.5, 0.6) is 0 Å². The number of piperidine rings is 1. The van der Waals surface area contributed by atoms with Gasteiger partial charge in [-0.1, -0.05) is 60.2 Å². The quantitative estimate of drug-likeness (QED) is 0.692. The van der Waals surface area contributed by atoms with E-state index in [0.29, 0.717) is 0 Å². The van der Waals surface area contributed by atoms with Crippen molar-refractivity contribution in [2.75, 3.05) is 23.3 Å². The average Bonchev–Trinajstić information content (AvgIpc) is 2.73.